The Kier molecular flexibility index (Phi) is 7.52. The van der Waals surface area contributed by atoms with Crippen molar-refractivity contribution in [3.63, 3.8) is 0 Å². The standard InChI is InChI=1S/C23H29N5OS/c1-5-28(6-2)20-14-12-19(13-15-20)21-25-26-23(27(21)4)30-17(3)22(29)24-16-18-10-8-7-9-11-18/h7-15,17H,5-6,16H2,1-4H3,(H,24,29). The lowest BCUT2D eigenvalue weighted by Gasteiger charge is -2.21. The molecule has 0 saturated carbocycles. The Morgan fingerprint density at radius 1 is 1.07 bits per heavy atom. The molecule has 0 aliphatic carbocycles. The molecule has 1 aromatic heterocycles. The maximum absolute atomic E-state index is 12.5. The van der Waals surface area contributed by atoms with Crippen LogP contribution in [0.2, 0.25) is 0 Å². The van der Waals surface area contributed by atoms with Crippen molar-refractivity contribution in [2.45, 2.75) is 37.7 Å². The molecule has 0 saturated heterocycles. The van der Waals surface area contributed by atoms with Crippen molar-refractivity contribution in [3.8, 4) is 11.4 Å². The molecule has 3 aromatic rings. The number of hydrogen-bond donors (Lipinski definition) is 1. The molecule has 1 heterocycles. The molecular weight excluding hydrogens is 394 g/mol. The third-order valence-electron chi connectivity index (χ3n) is 5.05. The summed E-state index contributed by atoms with van der Waals surface area (Å²) in [4.78, 5) is 14.8. The number of aromatic nitrogens is 3. The van der Waals surface area contributed by atoms with E-state index in [1.165, 1.54) is 17.4 Å². The second-order valence-corrected chi connectivity index (χ2v) is 8.36. The van der Waals surface area contributed by atoms with Gasteiger partial charge in [-0.05, 0) is 50.6 Å². The van der Waals surface area contributed by atoms with Crippen LogP contribution in [0.3, 0.4) is 0 Å². The second kappa shape index (κ2) is 10.3. The summed E-state index contributed by atoms with van der Waals surface area (Å²) in [5.74, 6) is 0.775. The zero-order valence-electron chi connectivity index (χ0n) is 18.0. The number of rotatable bonds is 9. The van der Waals surface area contributed by atoms with Gasteiger partial charge in [-0.2, -0.15) is 0 Å². The maximum Gasteiger partial charge on any atom is 0.233 e. The van der Waals surface area contributed by atoms with E-state index < -0.39 is 0 Å². The van der Waals surface area contributed by atoms with Crippen LogP contribution in [-0.2, 0) is 18.4 Å². The van der Waals surface area contributed by atoms with E-state index in [1.54, 1.807) is 0 Å². The maximum atomic E-state index is 12.5. The predicted octanol–water partition coefficient (Wildman–Crippen LogP) is 4.13. The highest BCUT2D eigenvalue weighted by Gasteiger charge is 2.19. The van der Waals surface area contributed by atoms with Gasteiger partial charge in [0.15, 0.2) is 11.0 Å². The lowest BCUT2D eigenvalue weighted by molar-refractivity contribution is -0.120. The number of nitrogens with zero attached hydrogens (tertiary/aromatic N) is 4. The Labute approximate surface area is 182 Å². The quantitative estimate of drug-likeness (QED) is 0.525. The molecule has 1 N–H and O–H groups in total. The van der Waals surface area contributed by atoms with Crippen LogP contribution >= 0.6 is 11.8 Å². The third kappa shape index (κ3) is 5.21. The first-order valence-corrected chi connectivity index (χ1v) is 11.1. The molecule has 0 radical (unpaired) electrons. The number of amides is 1. The number of benzene rings is 2. The first-order valence-electron chi connectivity index (χ1n) is 10.3. The van der Waals surface area contributed by atoms with Gasteiger partial charge in [-0.1, -0.05) is 42.1 Å². The van der Waals surface area contributed by atoms with Crippen molar-refractivity contribution in [3.05, 3.63) is 60.2 Å². The van der Waals surface area contributed by atoms with Gasteiger partial charge < -0.3 is 14.8 Å². The van der Waals surface area contributed by atoms with Gasteiger partial charge in [0, 0.05) is 37.9 Å². The van der Waals surface area contributed by atoms with Gasteiger partial charge in [0.2, 0.25) is 5.91 Å². The average molecular weight is 424 g/mol. The molecule has 0 aliphatic heterocycles. The topological polar surface area (TPSA) is 63.1 Å². The summed E-state index contributed by atoms with van der Waals surface area (Å²) in [5.41, 5.74) is 3.29. The molecule has 3 rings (SSSR count). The Morgan fingerprint density at radius 3 is 2.37 bits per heavy atom. The lowest BCUT2D eigenvalue weighted by Crippen LogP contribution is -2.30. The molecule has 0 aliphatic rings. The van der Waals surface area contributed by atoms with E-state index in [2.05, 4.69) is 58.5 Å². The van der Waals surface area contributed by atoms with Crippen LogP contribution < -0.4 is 10.2 Å². The normalized spacial score (nSPS) is 11.9. The van der Waals surface area contributed by atoms with Crippen LogP contribution in [0, 0.1) is 0 Å². The average Bonchev–Trinajstić information content (AvgIpc) is 3.14. The SMILES string of the molecule is CCN(CC)c1ccc(-c2nnc(SC(C)C(=O)NCc3ccccc3)n2C)cc1. The van der Waals surface area contributed by atoms with Gasteiger partial charge in [0.05, 0.1) is 5.25 Å². The van der Waals surface area contributed by atoms with Crippen molar-refractivity contribution in [1.82, 2.24) is 20.1 Å². The zero-order valence-corrected chi connectivity index (χ0v) is 18.8. The number of carbonyl (C=O) groups excluding carboxylic acids is 1. The highest BCUT2D eigenvalue weighted by atomic mass is 32.2. The van der Waals surface area contributed by atoms with Crippen molar-refractivity contribution in [1.29, 1.82) is 0 Å². The molecule has 30 heavy (non-hydrogen) atoms. The highest BCUT2D eigenvalue weighted by molar-refractivity contribution is 8.00. The van der Waals surface area contributed by atoms with E-state index in [9.17, 15) is 4.79 Å². The fraction of sp³-hybridized carbons (Fsp3) is 0.348. The van der Waals surface area contributed by atoms with Crippen molar-refractivity contribution < 1.29 is 4.79 Å². The van der Waals surface area contributed by atoms with E-state index in [1.807, 2.05) is 48.9 Å². The van der Waals surface area contributed by atoms with E-state index in [4.69, 9.17) is 0 Å². The Bertz CT molecular complexity index is 951. The summed E-state index contributed by atoms with van der Waals surface area (Å²) in [6.45, 7) is 8.67. The van der Waals surface area contributed by atoms with Crippen LogP contribution in [0.15, 0.2) is 59.8 Å². The fourth-order valence-corrected chi connectivity index (χ4v) is 4.06. The molecule has 158 valence electrons. The molecule has 1 amide bonds. The molecule has 0 bridgehead atoms. The van der Waals surface area contributed by atoms with Gasteiger partial charge in [0.1, 0.15) is 0 Å². The largest absolute Gasteiger partial charge is 0.372 e. The van der Waals surface area contributed by atoms with Gasteiger partial charge in [0.25, 0.3) is 0 Å². The van der Waals surface area contributed by atoms with Crippen molar-refractivity contribution in [2.75, 3.05) is 18.0 Å². The third-order valence-corrected chi connectivity index (χ3v) is 6.18. The summed E-state index contributed by atoms with van der Waals surface area (Å²) in [5, 5.41) is 12.1. The molecule has 1 unspecified atom stereocenters. The van der Waals surface area contributed by atoms with Crippen molar-refractivity contribution >= 4 is 23.4 Å². The van der Waals surface area contributed by atoms with Gasteiger partial charge in [-0.25, -0.2) is 0 Å². The fourth-order valence-electron chi connectivity index (χ4n) is 3.22. The van der Waals surface area contributed by atoms with Crippen LogP contribution in [0.25, 0.3) is 11.4 Å². The number of thioether (sulfide) groups is 1. The zero-order chi connectivity index (χ0) is 21.5. The highest BCUT2D eigenvalue weighted by Crippen LogP contribution is 2.27. The number of carbonyl (C=O) groups is 1. The molecule has 7 heteroatoms. The minimum absolute atomic E-state index is 0.0167. The number of anilines is 1. The van der Waals surface area contributed by atoms with Crippen LogP contribution in [-0.4, -0.2) is 39.0 Å². The van der Waals surface area contributed by atoms with Gasteiger partial charge in [-0.3, -0.25) is 4.79 Å². The minimum atomic E-state index is -0.269. The molecule has 2 aromatic carbocycles. The Hall–Kier alpha value is -2.80. The Morgan fingerprint density at radius 2 is 1.73 bits per heavy atom. The first-order chi connectivity index (χ1) is 14.5. The number of nitrogens with one attached hydrogen (secondary N) is 1. The smallest absolute Gasteiger partial charge is 0.233 e. The second-order valence-electron chi connectivity index (χ2n) is 7.05. The summed E-state index contributed by atoms with van der Waals surface area (Å²) in [6, 6.07) is 18.3. The van der Waals surface area contributed by atoms with Crippen molar-refractivity contribution in [2.24, 2.45) is 7.05 Å². The summed E-state index contributed by atoms with van der Waals surface area (Å²) < 4.78 is 1.94. The van der Waals surface area contributed by atoms with Crippen LogP contribution in [0.1, 0.15) is 26.3 Å². The number of hydrogen-bond acceptors (Lipinski definition) is 5. The first kappa shape index (κ1) is 21.9. The molecule has 0 fully saturated rings. The van der Waals surface area contributed by atoms with E-state index in [-0.39, 0.29) is 11.2 Å². The molecule has 6 nitrogen and oxygen atoms in total. The summed E-state index contributed by atoms with van der Waals surface area (Å²) in [7, 11) is 1.94. The van der Waals surface area contributed by atoms with E-state index >= 15 is 0 Å². The molecule has 0 spiro atoms. The van der Waals surface area contributed by atoms with E-state index in [0.29, 0.717) is 6.54 Å². The molecular formula is C23H29N5OS. The summed E-state index contributed by atoms with van der Waals surface area (Å²) >= 11 is 1.41. The van der Waals surface area contributed by atoms with Gasteiger partial charge in [-0.15, -0.1) is 10.2 Å². The van der Waals surface area contributed by atoms with E-state index in [0.717, 1.165) is 35.2 Å². The summed E-state index contributed by atoms with van der Waals surface area (Å²) in [6.07, 6.45) is 0. The lowest BCUT2D eigenvalue weighted by atomic mass is 10.2. The predicted molar refractivity (Wildman–Crippen MR) is 124 cm³/mol. The van der Waals surface area contributed by atoms with Crippen LogP contribution in [0.5, 0.6) is 0 Å². The monoisotopic (exact) mass is 423 g/mol. The van der Waals surface area contributed by atoms with Crippen LogP contribution in [0.4, 0.5) is 5.69 Å². The molecule has 1 atom stereocenters. The minimum Gasteiger partial charge on any atom is -0.372 e. The Balaban J connectivity index is 1.64. The van der Waals surface area contributed by atoms with Gasteiger partial charge >= 0.3 is 0 Å².